The number of phenolic OH excluding ortho intramolecular Hbond substituents is 3. The van der Waals surface area contributed by atoms with Crippen LogP contribution < -0.4 is 56.8 Å². The van der Waals surface area contributed by atoms with Crippen LogP contribution in [0, 0.1) is 35.5 Å². The number of esters is 3. The van der Waals surface area contributed by atoms with E-state index in [-0.39, 0.29) is 117 Å². The Morgan fingerprint density at radius 2 is 0.675 bits per heavy atom. The lowest BCUT2D eigenvalue weighted by Gasteiger charge is -2.47. The Morgan fingerprint density at radius 1 is 0.349 bits per heavy atom. The molecule has 12 heterocycles. The van der Waals surface area contributed by atoms with Crippen molar-refractivity contribution in [1.82, 2.24) is 0 Å². The first-order valence-electron chi connectivity index (χ1n) is 49.6. The minimum atomic E-state index is -3.24. The van der Waals surface area contributed by atoms with Gasteiger partial charge in [-0.05, 0) is 144 Å². The summed E-state index contributed by atoms with van der Waals surface area (Å²) in [7, 11) is -1.15. The number of hydrogen-bond donors (Lipinski definition) is 9. The first-order chi connectivity index (χ1) is 68.2. The molecule has 6 aromatic carbocycles. The molecule has 30 atom stereocenters. The van der Waals surface area contributed by atoms with E-state index in [1.54, 1.807) is 19.1 Å². The summed E-state index contributed by atoms with van der Waals surface area (Å²) in [6.45, 7) is -11.6. The van der Waals surface area contributed by atoms with E-state index in [2.05, 4.69) is 0 Å². The molecule has 678 valence electrons. The smallest absolute Gasteiger partial charge is 0.310 e. The third-order valence-electron chi connectivity index (χ3n) is 24.4. The monoisotopic (exact) mass is 1780 g/mol. The lowest BCUT2D eigenvalue weighted by Crippen LogP contribution is -2.63. The highest BCUT2D eigenvalue weighted by Gasteiger charge is 2.61. The Kier molecular flexibility index (Phi) is 17.6. The van der Waals surface area contributed by atoms with Crippen LogP contribution in [0.3, 0.4) is 0 Å². The molecule has 21 rings (SSSR count). The number of fused-ring (bicyclic) bond motifs is 12. The van der Waals surface area contributed by atoms with E-state index in [1.807, 2.05) is 0 Å². The molecule has 0 spiro atoms. The molecule has 0 bridgehead atoms. The van der Waals surface area contributed by atoms with Crippen molar-refractivity contribution in [3.63, 3.8) is 0 Å². The topological polar surface area (TPSA) is 482 Å². The maximum absolute atomic E-state index is 13.8. The maximum atomic E-state index is 13.8. The molecule has 0 amide bonds. The zero-order valence-corrected chi connectivity index (χ0v) is 67.0. The van der Waals surface area contributed by atoms with Crippen molar-refractivity contribution < 1.29 is 216 Å². The predicted molar refractivity (Wildman–Crippen MR) is 415 cm³/mol. The van der Waals surface area contributed by atoms with Crippen LogP contribution in [0.1, 0.15) is 134 Å². The highest BCUT2D eigenvalue weighted by atomic mass is 16.8. The fraction of sp³-hybridized carbons (Fsp3) is 0.552. The standard InChI is InChI=1S/3C29H32O13/c3*1-11-36-9-20-27(40-11)24(31)25(32)29(41-20)42-26-14-7-17-16(38-10-39-17)6-13(14)21(22-15(26)8-37-28(22)33)12-4-18(34-2)23(30)19(5-12)35-3/h3*4-7,11,15,20-22,24-27,29-32H,8-10H2,1-3H3/t3*11-,15+,20-,21-,22+,24-,25-,26-,27-,29+/m111/s1/i2D3,3D3,8D2,10D2,21D;9D2,10D2,21D;9D2,10D2. The number of rotatable bonds is 15. The van der Waals surface area contributed by atoms with Crippen LogP contribution in [0.15, 0.2) is 72.8 Å². The molecular weight excluding hydrogens is 1670 g/mol. The van der Waals surface area contributed by atoms with Crippen LogP contribution in [-0.2, 0) is 85.4 Å². The molecule has 39 heteroatoms. The third-order valence-corrected chi connectivity index (χ3v) is 24.4. The molecule has 0 unspecified atom stereocenters. The van der Waals surface area contributed by atoms with Crippen molar-refractivity contribution >= 4 is 17.9 Å². The Balaban J connectivity index is 0.000000139. The van der Waals surface area contributed by atoms with Gasteiger partial charge in [0, 0.05) is 38.2 Å². The van der Waals surface area contributed by atoms with Gasteiger partial charge in [0.15, 0.2) is 107 Å². The van der Waals surface area contributed by atoms with E-state index in [1.165, 1.54) is 78.7 Å². The summed E-state index contributed by atoms with van der Waals surface area (Å²) in [6.07, 6.45) is -29.7. The number of aliphatic hydroxyl groups excluding tert-OH is 6. The number of carbonyl (C=O) groups is 3. The Bertz CT molecular complexity index is 6020. The van der Waals surface area contributed by atoms with Crippen molar-refractivity contribution in [3.8, 4) is 86.2 Å². The summed E-state index contributed by atoms with van der Waals surface area (Å²) in [5.41, 5.74) is 0.834. The van der Waals surface area contributed by atoms with Gasteiger partial charge in [0.25, 0.3) is 0 Å². The lowest BCUT2D eigenvalue weighted by molar-refractivity contribution is -0.364. The van der Waals surface area contributed by atoms with Crippen molar-refractivity contribution in [2.24, 2.45) is 35.5 Å². The molecule has 0 radical (unpaired) electrons. The first kappa shape index (κ1) is 64.7. The van der Waals surface area contributed by atoms with E-state index in [4.69, 9.17) is 153 Å². The minimum absolute atomic E-state index is 0.0427. The van der Waals surface area contributed by atoms with Crippen LogP contribution >= 0.6 is 0 Å². The molecule has 39 nitrogen and oxygen atoms in total. The molecular formula is C87H96O39. The van der Waals surface area contributed by atoms with Gasteiger partial charge in [-0.2, -0.15) is 0 Å². The molecule has 3 aliphatic carbocycles. The zero-order chi connectivity index (χ0) is 105. The fourth-order valence-corrected chi connectivity index (χ4v) is 18.5. The van der Waals surface area contributed by atoms with Crippen molar-refractivity contribution in [3.05, 3.63) is 123 Å². The van der Waals surface area contributed by atoms with Crippen LogP contribution in [0.25, 0.3) is 0 Å². The molecule has 9 fully saturated rings. The summed E-state index contributed by atoms with van der Waals surface area (Å²) >= 11 is 0. The summed E-state index contributed by atoms with van der Waals surface area (Å²) in [5, 5.41) is 98.4. The molecule has 12 aliphatic heterocycles. The molecule has 9 N–H and O–H groups in total. The second-order valence-electron chi connectivity index (χ2n) is 31.3. The molecule has 0 aromatic heterocycles. The van der Waals surface area contributed by atoms with Crippen LogP contribution in [0.5, 0.6) is 86.2 Å². The van der Waals surface area contributed by atoms with Gasteiger partial charge in [0.05, 0.1) is 135 Å². The highest BCUT2D eigenvalue weighted by Crippen LogP contribution is 2.62. The van der Waals surface area contributed by atoms with Gasteiger partial charge < -0.3 is 174 Å². The average molecular weight is 1790 g/mol. The summed E-state index contributed by atoms with van der Waals surface area (Å²) in [6, 6.07) is 15.5. The fourth-order valence-electron chi connectivity index (χ4n) is 18.5. The number of aromatic hydroxyl groups is 3. The molecule has 0 saturated carbocycles. The molecule has 6 aromatic rings. The first-order valence-corrected chi connectivity index (χ1v) is 39.6. The van der Waals surface area contributed by atoms with Gasteiger partial charge in [0.2, 0.25) is 37.5 Å². The van der Waals surface area contributed by atoms with Crippen LogP contribution in [-0.4, -0.2) is 277 Å². The average Bonchev–Trinajstić information content (AvgIpc) is 1.54. The summed E-state index contributed by atoms with van der Waals surface area (Å²) < 4.78 is 313. The van der Waals surface area contributed by atoms with Gasteiger partial charge in [0.1, 0.15) is 81.5 Å². The van der Waals surface area contributed by atoms with Crippen molar-refractivity contribution in [2.75, 3.05) is 102 Å². The van der Waals surface area contributed by atoms with E-state index in [0.29, 0.717) is 16.7 Å². The van der Waals surface area contributed by atoms with Gasteiger partial charge in [-0.15, -0.1) is 0 Å². The maximum Gasteiger partial charge on any atom is 0.310 e. The second kappa shape index (κ2) is 34.2. The van der Waals surface area contributed by atoms with E-state index < -0.39 is 277 Å². The van der Waals surface area contributed by atoms with Crippen LogP contribution in [0.2, 0.25) is 0 Å². The quantitative estimate of drug-likeness (QED) is 0.0518. The van der Waals surface area contributed by atoms with E-state index in [0.717, 1.165) is 24.3 Å². The Labute approximate surface area is 746 Å². The second-order valence-corrected chi connectivity index (χ2v) is 31.3. The number of methoxy groups -OCH3 is 6. The van der Waals surface area contributed by atoms with Crippen molar-refractivity contribution in [1.29, 1.82) is 0 Å². The van der Waals surface area contributed by atoms with Gasteiger partial charge in [-0.25, -0.2) is 0 Å². The number of ether oxygens (including phenoxy) is 27. The van der Waals surface area contributed by atoms with Gasteiger partial charge >= 0.3 is 17.9 Å². The largest absolute Gasteiger partial charge is 0.502 e. The van der Waals surface area contributed by atoms with E-state index in [9.17, 15) is 63.1 Å². The minimum Gasteiger partial charge on any atom is -0.502 e. The number of phenols is 3. The Morgan fingerprint density at radius 3 is 1.09 bits per heavy atom. The van der Waals surface area contributed by atoms with Crippen LogP contribution in [0.4, 0.5) is 0 Å². The normalized spacial score (nSPS) is 42.6. The predicted octanol–water partition coefficient (Wildman–Crippen LogP) is 4.02. The van der Waals surface area contributed by atoms with Crippen molar-refractivity contribution in [2.45, 2.75) is 168 Å². The summed E-state index contributed by atoms with van der Waals surface area (Å²) in [5.74, 6) is -19.8. The lowest BCUT2D eigenvalue weighted by atomic mass is 9.66. The number of cyclic esters (lactones) is 3. The SMILES string of the molecule is [2H]C([2H])([2H])Oc1cc([C@]2([2H])c3cc4c(cc3[C@@H](O[C@@H]3O[C@@H]5CO[C@@H](C)O[C@H]5[C@H](O)[C@H]3O)[C@@H]3[C@@H]2C(=O)OC3([2H])[2H])OC([2H])([2H])O4)cc(OC([2H])([2H])[2H])c1O.[2H]C1([2H])Oc2cc3c(cc2O1)[C@@H](O[C@@H]1O[C@H]2[C@@H](O[C@H](C)OC2([2H])[2H])[C@H](O)[C@H]1O)[C@H]1COC(=O)[C@@H]1[C@@H]3c1cc(OC)c(O)c(OC)c1.[2H]C1([2H])Oc2cc3c(cc2O1)[C@@]([2H])(c1cc(OC)c(O)c(OC)c1)[C@H]1C(=O)OC[C@@H]1[C@@H]3O[C@@H]1O[C@H]2[C@@H](O[C@H](C)OC2([2H])[2H])[C@H](O)[C@H]1O. The highest BCUT2D eigenvalue weighted by molar-refractivity contribution is 5.81. The number of benzene rings is 6. The summed E-state index contributed by atoms with van der Waals surface area (Å²) in [4.78, 5) is 40.8. The Hall–Kier alpha value is -9.99. The number of hydrogen-bond acceptors (Lipinski definition) is 39. The van der Waals surface area contributed by atoms with Gasteiger partial charge in [-0.1, -0.05) is 0 Å². The third kappa shape index (κ3) is 14.8. The van der Waals surface area contributed by atoms with Gasteiger partial charge in [-0.3, -0.25) is 14.4 Å². The number of aliphatic hydroxyl groups is 6. The molecule has 9 saturated heterocycles. The van der Waals surface area contributed by atoms with E-state index >= 15 is 0 Å². The number of carbonyl (C=O) groups excluding carboxylic acids is 3. The molecule has 15 aliphatic rings. The molecule has 126 heavy (non-hydrogen) atoms. The zero-order valence-electron chi connectivity index (χ0n) is 87.0.